The van der Waals surface area contributed by atoms with E-state index in [9.17, 15) is 8.42 Å². The first-order chi connectivity index (χ1) is 8.43. The third kappa shape index (κ3) is 2.37. The van der Waals surface area contributed by atoms with Gasteiger partial charge in [0.05, 0.1) is 5.69 Å². The molecule has 18 heavy (non-hydrogen) atoms. The molecule has 5 heteroatoms. The summed E-state index contributed by atoms with van der Waals surface area (Å²) in [5.74, 6) is 0.404. The van der Waals surface area contributed by atoms with Crippen LogP contribution in [0.1, 0.15) is 26.7 Å². The van der Waals surface area contributed by atoms with E-state index in [2.05, 4.69) is 6.92 Å². The lowest BCUT2D eigenvalue weighted by Crippen LogP contribution is -2.44. The third-order valence-electron chi connectivity index (χ3n) is 3.57. The molecule has 0 saturated carbocycles. The molecule has 1 heterocycles. The van der Waals surface area contributed by atoms with Crippen molar-refractivity contribution < 1.29 is 8.42 Å². The highest BCUT2D eigenvalue weighted by molar-refractivity contribution is 7.89. The first-order valence-electron chi connectivity index (χ1n) is 6.29. The summed E-state index contributed by atoms with van der Waals surface area (Å²) in [7, 11) is -3.47. The first kappa shape index (κ1) is 13.4. The zero-order valence-corrected chi connectivity index (χ0v) is 11.7. The molecule has 1 aromatic rings. The zero-order valence-electron chi connectivity index (χ0n) is 10.8. The molecule has 2 atom stereocenters. The summed E-state index contributed by atoms with van der Waals surface area (Å²) in [4.78, 5) is 0.228. The first-order valence-corrected chi connectivity index (χ1v) is 7.73. The normalized spacial score (nSPS) is 26.1. The van der Waals surface area contributed by atoms with Gasteiger partial charge in [0.25, 0.3) is 0 Å². The van der Waals surface area contributed by atoms with Crippen molar-refractivity contribution in [3.05, 3.63) is 24.3 Å². The summed E-state index contributed by atoms with van der Waals surface area (Å²) >= 11 is 0. The zero-order chi connectivity index (χ0) is 13.3. The average molecular weight is 268 g/mol. The number of nitrogen functional groups attached to an aromatic ring is 1. The number of rotatable bonds is 2. The van der Waals surface area contributed by atoms with Crippen LogP contribution in [0.3, 0.4) is 0 Å². The van der Waals surface area contributed by atoms with Gasteiger partial charge in [-0.2, -0.15) is 4.31 Å². The number of para-hydroxylation sites is 1. The fourth-order valence-corrected chi connectivity index (χ4v) is 4.32. The molecule has 1 aliphatic rings. The second kappa shape index (κ2) is 4.90. The summed E-state index contributed by atoms with van der Waals surface area (Å²) < 4.78 is 26.8. The SMILES string of the molecule is CC1CCC(C)N(S(=O)(=O)c2ccccc2N)C1. The van der Waals surface area contributed by atoms with Crippen molar-refractivity contribution in [1.29, 1.82) is 0 Å². The lowest BCUT2D eigenvalue weighted by atomic mass is 9.97. The van der Waals surface area contributed by atoms with Gasteiger partial charge in [0.2, 0.25) is 10.0 Å². The molecule has 1 aromatic carbocycles. The average Bonchev–Trinajstić information content (AvgIpc) is 2.32. The standard InChI is InChI=1S/C13H20N2O2S/c1-10-7-8-11(2)15(9-10)18(16,17)13-6-4-3-5-12(13)14/h3-6,10-11H,7-9,14H2,1-2H3. The van der Waals surface area contributed by atoms with Crippen LogP contribution in [0.25, 0.3) is 0 Å². The van der Waals surface area contributed by atoms with Crippen molar-refractivity contribution in [2.75, 3.05) is 12.3 Å². The molecule has 4 nitrogen and oxygen atoms in total. The molecule has 0 amide bonds. The molecular weight excluding hydrogens is 248 g/mol. The number of benzene rings is 1. The molecular formula is C13H20N2O2S. The monoisotopic (exact) mass is 268 g/mol. The van der Waals surface area contributed by atoms with E-state index in [0.717, 1.165) is 12.8 Å². The van der Waals surface area contributed by atoms with Crippen LogP contribution in [0.5, 0.6) is 0 Å². The van der Waals surface area contributed by atoms with E-state index >= 15 is 0 Å². The van der Waals surface area contributed by atoms with Crippen LogP contribution in [-0.4, -0.2) is 25.3 Å². The summed E-state index contributed by atoms with van der Waals surface area (Å²) in [6.07, 6.45) is 1.99. The molecule has 100 valence electrons. The van der Waals surface area contributed by atoms with E-state index in [1.807, 2.05) is 6.92 Å². The van der Waals surface area contributed by atoms with Gasteiger partial charge in [-0.1, -0.05) is 19.1 Å². The molecule has 0 aliphatic carbocycles. The Bertz CT molecular complexity index is 528. The van der Waals surface area contributed by atoms with E-state index in [1.165, 1.54) is 0 Å². The Balaban J connectivity index is 2.39. The van der Waals surface area contributed by atoms with Crippen molar-refractivity contribution in [2.24, 2.45) is 5.92 Å². The van der Waals surface area contributed by atoms with Gasteiger partial charge in [-0.3, -0.25) is 0 Å². The minimum atomic E-state index is -3.47. The number of nitrogens with two attached hydrogens (primary N) is 1. The molecule has 0 aromatic heterocycles. The van der Waals surface area contributed by atoms with Crippen LogP contribution < -0.4 is 5.73 Å². The topological polar surface area (TPSA) is 63.4 Å². The van der Waals surface area contributed by atoms with Gasteiger partial charge < -0.3 is 5.73 Å². The maximum Gasteiger partial charge on any atom is 0.245 e. The number of hydrogen-bond donors (Lipinski definition) is 1. The smallest absolute Gasteiger partial charge is 0.245 e. The maximum absolute atomic E-state index is 12.6. The molecule has 1 fully saturated rings. The van der Waals surface area contributed by atoms with Gasteiger partial charge in [0.15, 0.2) is 0 Å². The summed E-state index contributed by atoms with van der Waals surface area (Å²) in [6, 6.07) is 6.71. The van der Waals surface area contributed by atoms with Crippen LogP contribution in [0, 0.1) is 5.92 Å². The fourth-order valence-electron chi connectivity index (χ4n) is 2.42. The molecule has 2 unspecified atom stereocenters. The molecule has 0 spiro atoms. The van der Waals surface area contributed by atoms with Crippen LogP contribution in [0.4, 0.5) is 5.69 Å². The second-order valence-corrected chi connectivity index (χ2v) is 7.00. The van der Waals surface area contributed by atoms with Crippen molar-refractivity contribution in [3.8, 4) is 0 Å². The largest absolute Gasteiger partial charge is 0.398 e. The number of piperidine rings is 1. The quantitative estimate of drug-likeness (QED) is 0.835. The lowest BCUT2D eigenvalue weighted by molar-refractivity contribution is 0.218. The van der Waals surface area contributed by atoms with E-state index in [4.69, 9.17) is 5.73 Å². The Morgan fingerprint density at radius 2 is 1.89 bits per heavy atom. The number of hydrogen-bond acceptors (Lipinski definition) is 3. The number of sulfonamides is 1. The lowest BCUT2D eigenvalue weighted by Gasteiger charge is -2.35. The van der Waals surface area contributed by atoms with Gasteiger partial charge in [-0.25, -0.2) is 8.42 Å². The molecule has 2 rings (SSSR count). The Kier molecular flexibility index (Phi) is 3.64. The number of nitrogens with zero attached hydrogens (tertiary/aromatic N) is 1. The van der Waals surface area contributed by atoms with Crippen molar-refractivity contribution in [3.63, 3.8) is 0 Å². The highest BCUT2D eigenvalue weighted by Gasteiger charge is 2.34. The van der Waals surface area contributed by atoms with Crippen molar-refractivity contribution >= 4 is 15.7 Å². The minimum Gasteiger partial charge on any atom is -0.398 e. The molecule has 1 saturated heterocycles. The Hall–Kier alpha value is -1.07. The predicted molar refractivity (Wildman–Crippen MR) is 72.6 cm³/mol. The maximum atomic E-state index is 12.6. The van der Waals surface area contributed by atoms with E-state index in [1.54, 1.807) is 28.6 Å². The summed E-state index contributed by atoms with van der Waals surface area (Å²) in [6.45, 7) is 4.63. The van der Waals surface area contributed by atoms with Crippen molar-refractivity contribution in [1.82, 2.24) is 4.31 Å². The van der Waals surface area contributed by atoms with Gasteiger partial charge in [-0.15, -0.1) is 0 Å². The van der Waals surface area contributed by atoms with E-state index in [-0.39, 0.29) is 10.9 Å². The van der Waals surface area contributed by atoms with Gasteiger partial charge in [0.1, 0.15) is 4.90 Å². The van der Waals surface area contributed by atoms with Gasteiger partial charge >= 0.3 is 0 Å². The van der Waals surface area contributed by atoms with Crippen LogP contribution in [0.15, 0.2) is 29.2 Å². The van der Waals surface area contributed by atoms with Crippen molar-refractivity contribution in [2.45, 2.75) is 37.6 Å². The van der Waals surface area contributed by atoms with Gasteiger partial charge in [0, 0.05) is 12.6 Å². The highest BCUT2D eigenvalue weighted by atomic mass is 32.2. The summed E-state index contributed by atoms with van der Waals surface area (Å²) in [5, 5.41) is 0. The van der Waals surface area contributed by atoms with Crippen LogP contribution >= 0.6 is 0 Å². The Morgan fingerprint density at radius 3 is 2.56 bits per heavy atom. The molecule has 2 N–H and O–H groups in total. The Morgan fingerprint density at radius 1 is 1.22 bits per heavy atom. The van der Waals surface area contributed by atoms with E-state index in [0.29, 0.717) is 18.2 Å². The highest BCUT2D eigenvalue weighted by Crippen LogP contribution is 2.29. The fraction of sp³-hybridized carbons (Fsp3) is 0.538. The Labute approximate surface area is 109 Å². The molecule has 0 radical (unpaired) electrons. The third-order valence-corrected chi connectivity index (χ3v) is 5.62. The molecule has 0 bridgehead atoms. The molecule has 1 aliphatic heterocycles. The van der Waals surface area contributed by atoms with Gasteiger partial charge in [-0.05, 0) is 37.8 Å². The minimum absolute atomic E-state index is 0.0470. The number of anilines is 1. The predicted octanol–water partition coefficient (Wildman–Crippen LogP) is 2.08. The van der Waals surface area contributed by atoms with E-state index < -0.39 is 10.0 Å². The summed E-state index contributed by atoms with van der Waals surface area (Å²) in [5.41, 5.74) is 6.11. The van der Waals surface area contributed by atoms with Crippen LogP contribution in [0.2, 0.25) is 0 Å². The second-order valence-electron chi connectivity index (χ2n) is 5.14. The van der Waals surface area contributed by atoms with Crippen LogP contribution in [-0.2, 0) is 10.0 Å².